The van der Waals surface area contributed by atoms with E-state index in [2.05, 4.69) is 15.0 Å². The Morgan fingerprint density at radius 2 is 2.22 bits per heavy atom. The highest BCUT2D eigenvalue weighted by atomic mass is 16.3. The third-order valence-electron chi connectivity index (χ3n) is 5.14. The predicted molar refractivity (Wildman–Crippen MR) is 96.3 cm³/mol. The lowest BCUT2D eigenvalue weighted by Gasteiger charge is -2.33. The summed E-state index contributed by atoms with van der Waals surface area (Å²) in [7, 11) is 0. The molecule has 1 aliphatic heterocycles. The fourth-order valence-electron chi connectivity index (χ4n) is 3.74. The van der Waals surface area contributed by atoms with Crippen molar-refractivity contribution in [1.29, 1.82) is 0 Å². The Morgan fingerprint density at radius 1 is 1.33 bits per heavy atom. The first kappa shape index (κ1) is 15.8. The van der Waals surface area contributed by atoms with E-state index in [-0.39, 0.29) is 17.7 Å². The molecule has 0 saturated carbocycles. The summed E-state index contributed by atoms with van der Waals surface area (Å²) in [5, 5.41) is 4.73. The second kappa shape index (κ2) is 5.80. The maximum atomic E-state index is 13.2. The van der Waals surface area contributed by atoms with Gasteiger partial charge in [-0.15, -0.1) is 0 Å². The zero-order chi connectivity index (χ0) is 18.5. The minimum absolute atomic E-state index is 0.197. The van der Waals surface area contributed by atoms with Gasteiger partial charge in [-0.1, -0.05) is 6.07 Å². The molecule has 8 heteroatoms. The number of aryl methyl sites for hydroxylation is 2. The standard InChI is InChI=1S/C19H18N6O2/c1-11-4-3-6-25-15(11)8-14(23-25)17-16-13(20-9-21-16)5-7-24(17)19(26)18-12(2)22-10-27-18/h3-4,6,8-10,17H,5,7H2,1-2H3,(H,20,21)/t17-/m1/s1. The molecular formula is C19H18N6O2. The van der Waals surface area contributed by atoms with Crippen LogP contribution in [0.4, 0.5) is 0 Å². The summed E-state index contributed by atoms with van der Waals surface area (Å²) < 4.78 is 7.20. The molecule has 136 valence electrons. The summed E-state index contributed by atoms with van der Waals surface area (Å²) >= 11 is 0. The first-order valence-corrected chi connectivity index (χ1v) is 8.81. The van der Waals surface area contributed by atoms with E-state index < -0.39 is 0 Å². The second-order valence-corrected chi connectivity index (χ2v) is 6.77. The molecule has 0 bridgehead atoms. The van der Waals surface area contributed by atoms with Crippen molar-refractivity contribution in [3.8, 4) is 0 Å². The fraction of sp³-hybridized carbons (Fsp3) is 0.263. The van der Waals surface area contributed by atoms with Crippen molar-refractivity contribution in [2.45, 2.75) is 26.3 Å². The molecule has 8 nitrogen and oxygen atoms in total. The van der Waals surface area contributed by atoms with Gasteiger partial charge in [-0.3, -0.25) is 4.79 Å². The van der Waals surface area contributed by atoms with E-state index in [1.54, 1.807) is 18.2 Å². The number of imidazole rings is 1. The van der Waals surface area contributed by atoms with Crippen LogP contribution in [0.15, 0.2) is 41.5 Å². The van der Waals surface area contributed by atoms with Crippen LogP contribution in [0.25, 0.3) is 5.52 Å². The van der Waals surface area contributed by atoms with E-state index in [0.717, 1.165) is 28.2 Å². The van der Waals surface area contributed by atoms with Crippen LogP contribution >= 0.6 is 0 Å². The summed E-state index contributed by atoms with van der Waals surface area (Å²) in [4.78, 5) is 26.7. The number of aromatic nitrogens is 5. The number of fused-ring (bicyclic) bond motifs is 2. The number of H-pyrrole nitrogens is 1. The molecule has 1 aliphatic rings. The Kier molecular flexibility index (Phi) is 3.40. The van der Waals surface area contributed by atoms with Crippen LogP contribution in [0.5, 0.6) is 0 Å². The third-order valence-corrected chi connectivity index (χ3v) is 5.14. The Morgan fingerprint density at radius 3 is 3.00 bits per heavy atom. The van der Waals surface area contributed by atoms with Gasteiger partial charge in [0.15, 0.2) is 6.39 Å². The molecule has 27 heavy (non-hydrogen) atoms. The van der Waals surface area contributed by atoms with Crippen molar-refractivity contribution in [2.75, 3.05) is 6.54 Å². The molecule has 4 aromatic rings. The number of hydrogen-bond acceptors (Lipinski definition) is 5. The van der Waals surface area contributed by atoms with Crippen LogP contribution in [0.1, 0.15) is 44.9 Å². The molecule has 0 fully saturated rings. The SMILES string of the molecule is Cc1ncoc1C(=O)N1CCc2[nH]cnc2[C@H]1c1cc2c(C)cccn2n1. The maximum Gasteiger partial charge on any atom is 0.292 e. The number of carbonyl (C=O) groups excluding carboxylic acids is 1. The lowest BCUT2D eigenvalue weighted by Crippen LogP contribution is -2.41. The molecule has 0 saturated heterocycles. The number of nitrogens with zero attached hydrogens (tertiary/aromatic N) is 5. The van der Waals surface area contributed by atoms with Crippen molar-refractivity contribution in [3.63, 3.8) is 0 Å². The van der Waals surface area contributed by atoms with Gasteiger partial charge < -0.3 is 14.3 Å². The molecule has 1 N–H and O–H groups in total. The molecule has 5 heterocycles. The van der Waals surface area contributed by atoms with Crippen LogP contribution in [0, 0.1) is 13.8 Å². The number of aromatic amines is 1. The Hall–Kier alpha value is -3.42. The normalized spacial score (nSPS) is 16.7. The minimum atomic E-state index is -0.378. The predicted octanol–water partition coefficient (Wildman–Crippen LogP) is 2.45. The van der Waals surface area contributed by atoms with Crippen molar-refractivity contribution in [3.05, 3.63) is 71.2 Å². The smallest absolute Gasteiger partial charge is 0.292 e. The van der Waals surface area contributed by atoms with E-state index in [9.17, 15) is 4.79 Å². The van der Waals surface area contributed by atoms with Crippen molar-refractivity contribution < 1.29 is 9.21 Å². The van der Waals surface area contributed by atoms with Gasteiger partial charge in [-0.05, 0) is 31.5 Å². The maximum absolute atomic E-state index is 13.2. The van der Waals surface area contributed by atoms with Crippen LogP contribution < -0.4 is 0 Å². The van der Waals surface area contributed by atoms with Crippen LogP contribution in [-0.4, -0.2) is 41.9 Å². The summed E-state index contributed by atoms with van der Waals surface area (Å²) in [5.41, 5.74) is 5.36. The Labute approximate surface area is 154 Å². The van der Waals surface area contributed by atoms with E-state index in [1.165, 1.54) is 6.39 Å². The summed E-state index contributed by atoms with van der Waals surface area (Å²) in [6.07, 6.45) is 5.59. The van der Waals surface area contributed by atoms with Gasteiger partial charge in [-0.25, -0.2) is 14.5 Å². The highest BCUT2D eigenvalue weighted by Gasteiger charge is 2.37. The molecule has 1 atom stereocenters. The van der Waals surface area contributed by atoms with Gasteiger partial charge in [-0.2, -0.15) is 5.10 Å². The lowest BCUT2D eigenvalue weighted by molar-refractivity contribution is 0.0653. The Bertz CT molecular complexity index is 1150. The van der Waals surface area contributed by atoms with E-state index >= 15 is 0 Å². The number of hydrogen-bond donors (Lipinski definition) is 1. The largest absolute Gasteiger partial charge is 0.438 e. The van der Waals surface area contributed by atoms with E-state index in [0.29, 0.717) is 18.7 Å². The van der Waals surface area contributed by atoms with Crippen molar-refractivity contribution >= 4 is 11.4 Å². The molecule has 0 radical (unpaired) electrons. The summed E-state index contributed by atoms with van der Waals surface area (Å²) in [6.45, 7) is 4.36. The van der Waals surface area contributed by atoms with Gasteiger partial charge in [0.05, 0.1) is 28.9 Å². The van der Waals surface area contributed by atoms with Crippen molar-refractivity contribution in [2.24, 2.45) is 0 Å². The number of rotatable bonds is 2. The molecule has 1 amide bonds. The molecule has 0 unspecified atom stereocenters. The molecule has 0 spiro atoms. The van der Waals surface area contributed by atoms with E-state index in [4.69, 9.17) is 9.52 Å². The molecular weight excluding hydrogens is 344 g/mol. The van der Waals surface area contributed by atoms with Crippen LogP contribution in [0.2, 0.25) is 0 Å². The zero-order valence-electron chi connectivity index (χ0n) is 15.0. The molecule has 5 rings (SSSR count). The number of amides is 1. The fourth-order valence-corrected chi connectivity index (χ4v) is 3.74. The first-order chi connectivity index (χ1) is 13.1. The van der Waals surface area contributed by atoms with Gasteiger partial charge >= 0.3 is 0 Å². The minimum Gasteiger partial charge on any atom is -0.438 e. The highest BCUT2D eigenvalue weighted by Crippen LogP contribution is 2.34. The van der Waals surface area contributed by atoms with Gasteiger partial charge in [0.2, 0.25) is 5.76 Å². The summed E-state index contributed by atoms with van der Waals surface area (Å²) in [5.74, 6) is 0.0661. The average Bonchev–Trinajstić information content (AvgIpc) is 3.39. The number of carbonyl (C=O) groups is 1. The molecule has 4 aromatic heterocycles. The monoisotopic (exact) mass is 362 g/mol. The average molecular weight is 362 g/mol. The number of pyridine rings is 1. The highest BCUT2D eigenvalue weighted by molar-refractivity contribution is 5.93. The van der Waals surface area contributed by atoms with Gasteiger partial charge in [0.1, 0.15) is 6.04 Å². The third kappa shape index (κ3) is 2.37. The van der Waals surface area contributed by atoms with Crippen LogP contribution in [-0.2, 0) is 6.42 Å². The van der Waals surface area contributed by atoms with E-state index in [1.807, 2.05) is 35.8 Å². The second-order valence-electron chi connectivity index (χ2n) is 6.77. The number of oxazole rings is 1. The Balaban J connectivity index is 1.66. The topological polar surface area (TPSA) is 92.3 Å². The van der Waals surface area contributed by atoms with Crippen LogP contribution in [0.3, 0.4) is 0 Å². The lowest BCUT2D eigenvalue weighted by atomic mass is 9.99. The molecule has 0 aromatic carbocycles. The van der Waals surface area contributed by atoms with Gasteiger partial charge in [0, 0.05) is 24.9 Å². The quantitative estimate of drug-likeness (QED) is 0.591. The van der Waals surface area contributed by atoms with Gasteiger partial charge in [0.25, 0.3) is 5.91 Å². The summed E-state index contributed by atoms with van der Waals surface area (Å²) in [6, 6.07) is 5.65. The van der Waals surface area contributed by atoms with Crippen molar-refractivity contribution in [1.82, 2.24) is 29.5 Å². The molecule has 0 aliphatic carbocycles. The number of nitrogens with one attached hydrogen (secondary N) is 1. The zero-order valence-corrected chi connectivity index (χ0v) is 15.0. The first-order valence-electron chi connectivity index (χ1n) is 8.81.